The van der Waals surface area contributed by atoms with Gasteiger partial charge in [0.2, 0.25) is 0 Å². The van der Waals surface area contributed by atoms with Crippen molar-refractivity contribution in [3.05, 3.63) is 0 Å². The first-order valence-corrected chi connectivity index (χ1v) is 3.56. The Morgan fingerprint density at radius 1 is 1.78 bits per heavy atom. The molecule has 0 aliphatic rings. The summed E-state index contributed by atoms with van der Waals surface area (Å²) in [6.45, 7) is -6.46. The zero-order chi connectivity index (χ0) is 12.7. The lowest BCUT2D eigenvalue weighted by Gasteiger charge is -2.14. The van der Waals surface area contributed by atoms with Crippen LogP contribution in [-0.4, -0.2) is 24.3 Å². The molecule has 0 unspecified atom stereocenters. The molecule has 0 fully saturated rings. The van der Waals surface area contributed by atoms with Gasteiger partial charge in [0, 0.05) is 13.8 Å². The highest BCUT2D eigenvalue weighted by Gasteiger charge is 2.18. The first kappa shape index (κ1) is 2.86. The number of hydrogen-bond acceptors (Lipinski definition) is 3. The summed E-state index contributed by atoms with van der Waals surface area (Å²) in [7, 11) is -4.79. The summed E-state index contributed by atoms with van der Waals surface area (Å²) in [5.41, 5.74) is 2.10. The van der Waals surface area contributed by atoms with Crippen LogP contribution in [0.2, 0.25) is 0 Å². The lowest BCUT2D eigenvalue weighted by Crippen LogP contribution is -2.39. The molecule has 5 heteroatoms. The van der Waals surface area contributed by atoms with Crippen molar-refractivity contribution in [3.63, 3.8) is 0 Å². The van der Waals surface area contributed by atoms with E-state index in [0.29, 0.717) is 0 Å². The second-order valence-electron chi connectivity index (χ2n) is 1.70. The summed E-state index contributed by atoms with van der Waals surface area (Å²) in [6, 6.07) is 0. The van der Waals surface area contributed by atoms with Crippen LogP contribution in [0.4, 0.5) is 0 Å². The Morgan fingerprint density at radius 3 is 2.33 bits per heavy atom. The summed E-state index contributed by atoms with van der Waals surface area (Å²) in [4.78, 5) is 0. The van der Waals surface area contributed by atoms with Crippen LogP contribution in [-0.2, 0) is 10.1 Å². The van der Waals surface area contributed by atoms with Gasteiger partial charge in [0.25, 0.3) is 10.1 Å². The molecule has 0 amide bonds. The fraction of sp³-hybridized carbons (Fsp3) is 1.00. The number of rotatable bonds is 2. The van der Waals surface area contributed by atoms with Gasteiger partial charge in [-0.1, -0.05) is 0 Å². The van der Waals surface area contributed by atoms with E-state index in [-0.39, 0.29) is 0 Å². The molecule has 0 aromatic rings. The number of nitrogens with two attached hydrogens (primary N) is 1. The maximum absolute atomic E-state index is 10.5. The van der Waals surface area contributed by atoms with Crippen LogP contribution in [0, 0.1) is 0 Å². The fourth-order valence-corrected chi connectivity index (χ4v) is 0.863. The van der Waals surface area contributed by atoms with Gasteiger partial charge in [-0.15, -0.1) is 0 Å². The third-order valence-electron chi connectivity index (χ3n) is 0.410. The molecule has 0 aliphatic heterocycles. The lowest BCUT2D eigenvalue weighted by atomic mass is 10.1. The predicted molar refractivity (Wildman–Crippen MR) is 34.7 cm³/mol. The lowest BCUT2D eigenvalue weighted by molar-refractivity contribution is 0.460. The molecule has 0 spiro atoms. The molecule has 3 N–H and O–H groups in total. The largest absolute Gasteiger partial charge is 0.325 e. The van der Waals surface area contributed by atoms with Crippen LogP contribution in [0.5, 0.6) is 0 Å². The van der Waals surface area contributed by atoms with Gasteiger partial charge < -0.3 is 5.73 Å². The first-order chi connectivity index (χ1) is 6.21. The van der Waals surface area contributed by atoms with Gasteiger partial charge in [0.15, 0.2) is 0 Å². The normalized spacial score (nSPS) is 26.4. The third-order valence-corrected chi connectivity index (χ3v) is 1.23. The van der Waals surface area contributed by atoms with Crippen LogP contribution in [0.25, 0.3) is 0 Å². The van der Waals surface area contributed by atoms with E-state index >= 15 is 0 Å². The smallest absolute Gasteiger partial charge is 0.266 e. The third kappa shape index (κ3) is 7.87. The Morgan fingerprint density at radius 2 is 2.22 bits per heavy atom. The van der Waals surface area contributed by atoms with Crippen molar-refractivity contribution in [2.45, 2.75) is 19.2 Å². The first-order valence-electron chi connectivity index (χ1n) is 4.95. The van der Waals surface area contributed by atoms with Gasteiger partial charge in [-0.3, -0.25) is 4.55 Å². The topological polar surface area (TPSA) is 80.4 Å². The minimum absolute atomic E-state index is 1.55. The Balaban J connectivity index is 5.45. The molecule has 0 heterocycles. The Kier molecular flexibility index (Phi) is 0.712. The van der Waals surface area contributed by atoms with E-state index in [1.807, 2.05) is 0 Å². The zero-order valence-corrected chi connectivity index (χ0v) is 5.27. The Labute approximate surface area is 63.2 Å². The van der Waals surface area contributed by atoms with E-state index in [4.69, 9.17) is 18.5 Å². The summed E-state index contributed by atoms with van der Waals surface area (Å²) in [5.74, 6) is -1.55. The zero-order valence-electron chi connectivity index (χ0n) is 10.5. The minimum atomic E-state index is -4.79. The quantitative estimate of drug-likeness (QED) is 0.538. The molecule has 0 radical (unpaired) electrons. The fourth-order valence-electron chi connectivity index (χ4n) is 0.288. The predicted octanol–water partition coefficient (Wildman–Crippen LogP) is -0.388. The molecule has 0 saturated heterocycles. The molecule has 0 aliphatic carbocycles. The maximum Gasteiger partial charge on any atom is 0.266 e. The van der Waals surface area contributed by atoms with Crippen molar-refractivity contribution in [2.75, 3.05) is 5.75 Å². The molecule has 0 saturated carbocycles. The molecule has 9 heavy (non-hydrogen) atoms. The highest BCUT2D eigenvalue weighted by molar-refractivity contribution is 7.85. The van der Waals surface area contributed by atoms with E-state index in [1.54, 1.807) is 0 Å². The molecule has 0 bridgehead atoms. The average Bonchev–Trinajstić information content (AvgIpc) is 1.77. The van der Waals surface area contributed by atoms with Crippen LogP contribution < -0.4 is 5.73 Å². The standard InChI is InChI=1S/C4H11NO3S/c1-4(2,5)3-9(6,7)8/h3,5H2,1-2H3,(H,6,7,8)/i1D3,2D3. The number of hydrogen-bond donors (Lipinski definition) is 2. The van der Waals surface area contributed by atoms with Gasteiger partial charge >= 0.3 is 0 Å². The van der Waals surface area contributed by atoms with E-state index in [2.05, 4.69) is 0 Å². The average molecular weight is 159 g/mol. The van der Waals surface area contributed by atoms with Crippen molar-refractivity contribution < 1.29 is 21.2 Å². The second kappa shape index (κ2) is 2.24. The van der Waals surface area contributed by atoms with Crippen LogP contribution >= 0.6 is 0 Å². The Hall–Kier alpha value is -0.130. The highest BCUT2D eigenvalue weighted by Crippen LogP contribution is 1.99. The van der Waals surface area contributed by atoms with Crippen LogP contribution in [0.1, 0.15) is 21.9 Å². The van der Waals surface area contributed by atoms with Crippen molar-refractivity contribution in [1.29, 1.82) is 0 Å². The van der Waals surface area contributed by atoms with E-state index in [1.165, 1.54) is 0 Å². The molecule has 4 nitrogen and oxygen atoms in total. The molecule has 0 aromatic heterocycles. The highest BCUT2D eigenvalue weighted by atomic mass is 32.2. The van der Waals surface area contributed by atoms with Crippen molar-refractivity contribution in [1.82, 2.24) is 0 Å². The Bertz CT molecular complexity index is 315. The second-order valence-corrected chi connectivity index (χ2v) is 3.15. The monoisotopic (exact) mass is 159 g/mol. The van der Waals surface area contributed by atoms with E-state index < -0.39 is 35.1 Å². The summed E-state index contributed by atoms with van der Waals surface area (Å²) < 4.78 is 70.9. The summed E-state index contributed by atoms with van der Waals surface area (Å²) in [5, 5.41) is 0. The molecule has 56 valence electrons. The van der Waals surface area contributed by atoms with Gasteiger partial charge in [0.1, 0.15) is 0 Å². The summed E-state index contributed by atoms with van der Waals surface area (Å²) in [6.07, 6.45) is 0. The summed E-state index contributed by atoms with van der Waals surface area (Å²) >= 11 is 0. The van der Waals surface area contributed by atoms with Gasteiger partial charge in [-0.05, 0) is 13.7 Å². The van der Waals surface area contributed by atoms with Gasteiger partial charge in [0.05, 0.1) is 5.75 Å². The van der Waals surface area contributed by atoms with Crippen LogP contribution in [0.3, 0.4) is 0 Å². The van der Waals surface area contributed by atoms with E-state index in [0.717, 1.165) is 0 Å². The molecular weight excluding hydrogens is 142 g/mol. The van der Waals surface area contributed by atoms with Crippen molar-refractivity contribution >= 4 is 10.1 Å². The maximum atomic E-state index is 10.5. The molecule has 0 atom stereocenters. The molecular formula is C4H11NO3S. The minimum Gasteiger partial charge on any atom is -0.325 e. The van der Waals surface area contributed by atoms with Crippen molar-refractivity contribution in [3.8, 4) is 0 Å². The SMILES string of the molecule is [2H]C([2H])([2H])C(N)(CS(=O)(=O)O)C([2H])([2H])[2H]. The molecule has 0 aromatic carbocycles. The van der Waals surface area contributed by atoms with E-state index in [9.17, 15) is 8.42 Å². The molecule has 0 rings (SSSR count). The van der Waals surface area contributed by atoms with Gasteiger partial charge in [-0.2, -0.15) is 8.42 Å². The van der Waals surface area contributed by atoms with Crippen LogP contribution in [0.15, 0.2) is 0 Å². The van der Waals surface area contributed by atoms with Crippen molar-refractivity contribution in [2.24, 2.45) is 5.73 Å². The van der Waals surface area contributed by atoms with Gasteiger partial charge in [-0.25, -0.2) is 0 Å².